The fraction of sp³-hybridized carbons (Fsp3) is 0.294. The molecule has 1 aliphatic rings. The zero-order valence-corrected chi connectivity index (χ0v) is 13.4. The molecule has 2 heterocycles. The molecular weight excluding hydrogens is 330 g/mol. The second kappa shape index (κ2) is 7.78. The monoisotopic (exact) mass is 348 g/mol. The summed E-state index contributed by atoms with van der Waals surface area (Å²) in [6.45, 7) is -1.71. The summed E-state index contributed by atoms with van der Waals surface area (Å²) < 4.78 is 29.6. The quantitative estimate of drug-likeness (QED) is 0.871. The molecule has 2 amide bonds. The van der Waals surface area contributed by atoms with Gasteiger partial charge in [-0.3, -0.25) is 4.98 Å². The lowest BCUT2D eigenvalue weighted by atomic mass is 10.2. The standard InChI is InChI=1S/C17H18F2N4O2/c18-16(19)25-15-6-2-1-5-14(15)23-9-7-13(11-23)22-17(24)21-12-4-3-8-20-10-12/h1-6,8,10,13,16H,7,9,11H2,(H2,21,22,24)/t13-/m1/s1. The van der Waals surface area contributed by atoms with Gasteiger partial charge in [0, 0.05) is 25.3 Å². The Morgan fingerprint density at radius 3 is 2.88 bits per heavy atom. The van der Waals surface area contributed by atoms with Gasteiger partial charge in [-0.05, 0) is 30.7 Å². The van der Waals surface area contributed by atoms with E-state index < -0.39 is 6.61 Å². The number of rotatable bonds is 5. The van der Waals surface area contributed by atoms with Gasteiger partial charge >= 0.3 is 12.6 Å². The van der Waals surface area contributed by atoms with E-state index in [1.165, 1.54) is 6.07 Å². The number of hydrogen-bond acceptors (Lipinski definition) is 4. The van der Waals surface area contributed by atoms with Crippen LogP contribution in [-0.2, 0) is 0 Å². The van der Waals surface area contributed by atoms with E-state index in [4.69, 9.17) is 0 Å². The topological polar surface area (TPSA) is 66.5 Å². The molecule has 132 valence electrons. The molecule has 1 aromatic heterocycles. The third-order valence-corrected chi connectivity index (χ3v) is 3.86. The largest absolute Gasteiger partial charge is 0.433 e. The number of carbonyl (C=O) groups is 1. The van der Waals surface area contributed by atoms with E-state index in [1.54, 1.807) is 42.7 Å². The third kappa shape index (κ3) is 4.56. The number of amides is 2. The van der Waals surface area contributed by atoms with Crippen molar-refractivity contribution in [3.8, 4) is 5.75 Å². The van der Waals surface area contributed by atoms with Crippen LogP contribution in [0.3, 0.4) is 0 Å². The second-order valence-electron chi connectivity index (χ2n) is 5.62. The summed E-state index contributed by atoms with van der Waals surface area (Å²) in [6.07, 6.45) is 3.89. The molecule has 3 rings (SSSR count). The molecule has 0 saturated carbocycles. The maximum atomic E-state index is 12.5. The number of nitrogens with zero attached hydrogens (tertiary/aromatic N) is 2. The lowest BCUT2D eigenvalue weighted by molar-refractivity contribution is -0.0495. The summed E-state index contributed by atoms with van der Waals surface area (Å²) >= 11 is 0. The van der Waals surface area contributed by atoms with Gasteiger partial charge in [0.05, 0.1) is 17.6 Å². The van der Waals surface area contributed by atoms with Gasteiger partial charge in [0.2, 0.25) is 0 Å². The predicted molar refractivity (Wildman–Crippen MR) is 90.1 cm³/mol. The van der Waals surface area contributed by atoms with Gasteiger partial charge in [0.1, 0.15) is 5.75 Å². The normalized spacial score (nSPS) is 16.8. The number of benzene rings is 1. The van der Waals surface area contributed by atoms with Gasteiger partial charge in [-0.1, -0.05) is 12.1 Å². The van der Waals surface area contributed by atoms with Crippen molar-refractivity contribution in [3.05, 3.63) is 48.8 Å². The van der Waals surface area contributed by atoms with Crippen molar-refractivity contribution in [3.63, 3.8) is 0 Å². The number of hydrogen-bond donors (Lipinski definition) is 2. The molecule has 1 aromatic carbocycles. The van der Waals surface area contributed by atoms with Crippen LogP contribution in [0.4, 0.5) is 25.0 Å². The van der Waals surface area contributed by atoms with Crippen LogP contribution >= 0.6 is 0 Å². The number of aromatic nitrogens is 1. The van der Waals surface area contributed by atoms with Gasteiger partial charge in [-0.2, -0.15) is 8.78 Å². The number of para-hydroxylation sites is 2. The number of ether oxygens (including phenoxy) is 1. The molecule has 0 unspecified atom stereocenters. The second-order valence-corrected chi connectivity index (χ2v) is 5.62. The van der Waals surface area contributed by atoms with Crippen LogP contribution in [0, 0.1) is 0 Å². The summed E-state index contributed by atoms with van der Waals surface area (Å²) in [5, 5.41) is 5.58. The SMILES string of the molecule is O=C(Nc1cccnc1)N[C@@H]1CCN(c2ccccc2OC(F)F)C1. The summed E-state index contributed by atoms with van der Waals surface area (Å²) in [5.41, 5.74) is 1.20. The molecule has 1 saturated heterocycles. The molecule has 8 heteroatoms. The Bertz CT molecular complexity index is 715. The molecule has 0 aliphatic carbocycles. The predicted octanol–water partition coefficient (Wildman–Crippen LogP) is 3.08. The Kier molecular flexibility index (Phi) is 5.27. The number of alkyl halides is 2. The Balaban J connectivity index is 1.58. The number of pyridine rings is 1. The van der Waals surface area contributed by atoms with Crippen molar-refractivity contribution >= 4 is 17.4 Å². The van der Waals surface area contributed by atoms with Gasteiger partial charge in [-0.15, -0.1) is 0 Å². The maximum Gasteiger partial charge on any atom is 0.387 e. The van der Waals surface area contributed by atoms with E-state index in [0.717, 1.165) is 0 Å². The number of urea groups is 1. The van der Waals surface area contributed by atoms with Crippen molar-refractivity contribution < 1.29 is 18.3 Å². The highest BCUT2D eigenvalue weighted by molar-refractivity contribution is 5.89. The van der Waals surface area contributed by atoms with Gasteiger partial charge in [0.15, 0.2) is 0 Å². The van der Waals surface area contributed by atoms with Crippen LogP contribution in [0.5, 0.6) is 5.75 Å². The highest BCUT2D eigenvalue weighted by atomic mass is 19.3. The minimum absolute atomic E-state index is 0.0868. The van der Waals surface area contributed by atoms with Crippen LogP contribution in [0.1, 0.15) is 6.42 Å². The van der Waals surface area contributed by atoms with Crippen molar-refractivity contribution in [1.82, 2.24) is 10.3 Å². The van der Waals surface area contributed by atoms with Gasteiger partial charge in [0.25, 0.3) is 0 Å². The number of anilines is 2. The molecule has 0 spiro atoms. The van der Waals surface area contributed by atoms with Crippen LogP contribution in [0.25, 0.3) is 0 Å². The first-order chi connectivity index (χ1) is 12.1. The van der Waals surface area contributed by atoms with Crippen LogP contribution < -0.4 is 20.3 Å². The summed E-state index contributed by atoms with van der Waals surface area (Å²) in [4.78, 5) is 17.9. The Hall–Kier alpha value is -2.90. The highest BCUT2D eigenvalue weighted by Crippen LogP contribution is 2.31. The maximum absolute atomic E-state index is 12.5. The minimum atomic E-state index is -2.87. The fourth-order valence-corrected chi connectivity index (χ4v) is 2.80. The van der Waals surface area contributed by atoms with E-state index in [0.29, 0.717) is 30.9 Å². The molecule has 1 aliphatic heterocycles. The van der Waals surface area contributed by atoms with Crippen molar-refractivity contribution in [2.75, 3.05) is 23.3 Å². The van der Waals surface area contributed by atoms with Crippen LogP contribution in [0.2, 0.25) is 0 Å². The summed E-state index contributed by atoms with van der Waals surface area (Å²) in [7, 11) is 0. The summed E-state index contributed by atoms with van der Waals surface area (Å²) in [5.74, 6) is 0.137. The van der Waals surface area contributed by atoms with Crippen molar-refractivity contribution in [1.29, 1.82) is 0 Å². The number of carbonyl (C=O) groups excluding carboxylic acids is 1. The fourth-order valence-electron chi connectivity index (χ4n) is 2.80. The molecule has 6 nitrogen and oxygen atoms in total. The Labute approximate surface area is 143 Å². The van der Waals surface area contributed by atoms with Gasteiger partial charge in [-0.25, -0.2) is 4.79 Å². The van der Waals surface area contributed by atoms with Gasteiger partial charge < -0.3 is 20.3 Å². The Morgan fingerprint density at radius 1 is 1.28 bits per heavy atom. The molecule has 2 N–H and O–H groups in total. The lowest BCUT2D eigenvalue weighted by Crippen LogP contribution is -2.39. The number of halogens is 2. The molecule has 1 atom stereocenters. The van der Waals surface area contributed by atoms with E-state index in [9.17, 15) is 13.6 Å². The van der Waals surface area contributed by atoms with Crippen LogP contribution in [-0.4, -0.2) is 36.8 Å². The Morgan fingerprint density at radius 2 is 2.12 bits per heavy atom. The average molecular weight is 348 g/mol. The first-order valence-corrected chi connectivity index (χ1v) is 7.88. The first-order valence-electron chi connectivity index (χ1n) is 7.88. The third-order valence-electron chi connectivity index (χ3n) is 3.86. The molecule has 0 radical (unpaired) electrons. The minimum Gasteiger partial charge on any atom is -0.433 e. The van der Waals surface area contributed by atoms with E-state index >= 15 is 0 Å². The zero-order chi connectivity index (χ0) is 17.6. The van der Waals surface area contributed by atoms with Crippen LogP contribution in [0.15, 0.2) is 48.8 Å². The molecule has 25 heavy (non-hydrogen) atoms. The first kappa shape index (κ1) is 16.9. The zero-order valence-electron chi connectivity index (χ0n) is 13.4. The smallest absolute Gasteiger partial charge is 0.387 e. The molecule has 1 fully saturated rings. The summed E-state index contributed by atoms with van der Waals surface area (Å²) in [6, 6.07) is 9.72. The number of nitrogens with one attached hydrogen (secondary N) is 2. The molecule has 2 aromatic rings. The van der Waals surface area contributed by atoms with E-state index in [2.05, 4.69) is 20.4 Å². The molecular formula is C17H18F2N4O2. The van der Waals surface area contributed by atoms with E-state index in [-0.39, 0.29) is 17.8 Å². The van der Waals surface area contributed by atoms with Crippen molar-refractivity contribution in [2.24, 2.45) is 0 Å². The average Bonchev–Trinajstić information content (AvgIpc) is 3.04. The highest BCUT2D eigenvalue weighted by Gasteiger charge is 2.26. The van der Waals surface area contributed by atoms with E-state index in [1.807, 2.05) is 4.90 Å². The van der Waals surface area contributed by atoms with Crippen molar-refractivity contribution in [2.45, 2.75) is 19.1 Å². The molecule has 0 bridgehead atoms. The lowest BCUT2D eigenvalue weighted by Gasteiger charge is -2.22.